The van der Waals surface area contributed by atoms with Crippen LogP contribution in [0.15, 0.2) is 42.5 Å². The molecule has 0 heterocycles. The van der Waals surface area contributed by atoms with Crippen molar-refractivity contribution in [1.29, 1.82) is 0 Å². The molecule has 1 atom stereocenters. The fourth-order valence-electron chi connectivity index (χ4n) is 1.84. The summed E-state index contributed by atoms with van der Waals surface area (Å²) in [5.41, 5.74) is 1.61. The maximum atomic E-state index is 13.9. The Hall–Kier alpha value is -1.87. The Bertz CT molecular complexity index is 625. The highest BCUT2D eigenvalue weighted by Crippen LogP contribution is 2.29. The molecule has 0 aliphatic carbocycles. The second kappa shape index (κ2) is 5.41. The van der Waals surface area contributed by atoms with Crippen molar-refractivity contribution < 1.29 is 14.3 Å². The molecule has 0 saturated heterocycles. The zero-order valence-electron chi connectivity index (χ0n) is 10.2. The standard InChI is InChI=1S/C15H12ClFO2/c1-9(15(18)19)10-4-2-5-11(8-10)12-6-3-7-13(16)14(12)17/h2-9H,1H3,(H,18,19). The number of rotatable bonds is 3. The van der Waals surface area contributed by atoms with Gasteiger partial charge in [0, 0.05) is 5.56 Å². The van der Waals surface area contributed by atoms with Gasteiger partial charge in [0.1, 0.15) is 5.82 Å². The predicted octanol–water partition coefficient (Wildman–Crippen LogP) is 4.33. The van der Waals surface area contributed by atoms with Crippen LogP contribution in [-0.2, 0) is 4.79 Å². The predicted molar refractivity (Wildman–Crippen MR) is 72.9 cm³/mol. The minimum atomic E-state index is -0.913. The van der Waals surface area contributed by atoms with Gasteiger partial charge in [0.2, 0.25) is 0 Å². The molecule has 2 nitrogen and oxygen atoms in total. The summed E-state index contributed by atoms with van der Waals surface area (Å²) in [5.74, 6) is -2.05. The maximum Gasteiger partial charge on any atom is 0.310 e. The minimum Gasteiger partial charge on any atom is -0.481 e. The molecular weight excluding hydrogens is 267 g/mol. The molecule has 19 heavy (non-hydrogen) atoms. The van der Waals surface area contributed by atoms with Gasteiger partial charge in [0.15, 0.2) is 0 Å². The second-order valence-electron chi connectivity index (χ2n) is 4.29. The lowest BCUT2D eigenvalue weighted by Crippen LogP contribution is -2.07. The van der Waals surface area contributed by atoms with Crippen molar-refractivity contribution in [3.05, 3.63) is 58.9 Å². The largest absolute Gasteiger partial charge is 0.481 e. The van der Waals surface area contributed by atoms with Gasteiger partial charge in [-0.25, -0.2) is 4.39 Å². The van der Waals surface area contributed by atoms with Crippen molar-refractivity contribution in [3.8, 4) is 11.1 Å². The third-order valence-corrected chi connectivity index (χ3v) is 3.31. The number of carboxylic acids is 1. The molecule has 0 bridgehead atoms. The molecule has 0 fully saturated rings. The van der Waals surface area contributed by atoms with E-state index in [1.165, 1.54) is 6.07 Å². The Morgan fingerprint density at radius 3 is 2.63 bits per heavy atom. The SMILES string of the molecule is CC(C(=O)O)c1cccc(-c2cccc(Cl)c2F)c1. The summed E-state index contributed by atoms with van der Waals surface area (Å²) in [6.45, 7) is 1.59. The first-order valence-corrected chi connectivity index (χ1v) is 6.15. The van der Waals surface area contributed by atoms with Crippen molar-refractivity contribution in [3.63, 3.8) is 0 Å². The fraction of sp³-hybridized carbons (Fsp3) is 0.133. The molecule has 0 aliphatic heterocycles. The molecule has 0 aromatic heterocycles. The van der Waals surface area contributed by atoms with Crippen LogP contribution in [0.2, 0.25) is 5.02 Å². The monoisotopic (exact) mass is 278 g/mol. The highest BCUT2D eigenvalue weighted by Gasteiger charge is 2.15. The van der Waals surface area contributed by atoms with Crippen LogP contribution in [0, 0.1) is 5.82 Å². The van der Waals surface area contributed by atoms with Crippen LogP contribution < -0.4 is 0 Å². The van der Waals surface area contributed by atoms with E-state index in [0.29, 0.717) is 16.7 Å². The lowest BCUT2D eigenvalue weighted by atomic mass is 9.96. The lowest BCUT2D eigenvalue weighted by Gasteiger charge is -2.10. The molecule has 2 aromatic rings. The van der Waals surface area contributed by atoms with Crippen molar-refractivity contribution in [2.45, 2.75) is 12.8 Å². The molecule has 4 heteroatoms. The summed E-state index contributed by atoms with van der Waals surface area (Å²) in [4.78, 5) is 11.0. The van der Waals surface area contributed by atoms with Crippen LogP contribution >= 0.6 is 11.6 Å². The van der Waals surface area contributed by atoms with E-state index in [1.54, 1.807) is 43.3 Å². The second-order valence-corrected chi connectivity index (χ2v) is 4.69. The first-order valence-electron chi connectivity index (χ1n) is 5.78. The van der Waals surface area contributed by atoms with Crippen molar-refractivity contribution in [1.82, 2.24) is 0 Å². The topological polar surface area (TPSA) is 37.3 Å². The zero-order chi connectivity index (χ0) is 14.0. The number of benzene rings is 2. The van der Waals surface area contributed by atoms with Crippen molar-refractivity contribution in [2.75, 3.05) is 0 Å². The summed E-state index contributed by atoms with van der Waals surface area (Å²) >= 11 is 5.75. The number of carboxylic acid groups (broad SMARTS) is 1. The average molecular weight is 279 g/mol. The van der Waals surface area contributed by atoms with E-state index in [0.717, 1.165) is 0 Å². The molecule has 2 aromatic carbocycles. The first-order chi connectivity index (χ1) is 9.00. The van der Waals surface area contributed by atoms with Crippen molar-refractivity contribution >= 4 is 17.6 Å². The number of halogens is 2. The summed E-state index contributed by atoms with van der Waals surface area (Å²) in [6.07, 6.45) is 0. The Morgan fingerprint density at radius 2 is 1.95 bits per heavy atom. The van der Waals surface area contributed by atoms with Gasteiger partial charge in [-0.3, -0.25) is 4.79 Å². The molecule has 0 amide bonds. The smallest absolute Gasteiger partial charge is 0.310 e. The molecule has 1 N–H and O–H groups in total. The number of aliphatic carboxylic acids is 1. The third-order valence-electron chi connectivity index (χ3n) is 3.02. The summed E-state index contributed by atoms with van der Waals surface area (Å²) in [7, 11) is 0. The van der Waals surface area contributed by atoms with Gasteiger partial charge in [-0.05, 0) is 24.1 Å². The maximum absolute atomic E-state index is 13.9. The van der Waals surface area contributed by atoms with E-state index in [-0.39, 0.29) is 5.02 Å². The van der Waals surface area contributed by atoms with Crippen LogP contribution in [0.1, 0.15) is 18.4 Å². The van der Waals surface area contributed by atoms with Gasteiger partial charge in [0.05, 0.1) is 10.9 Å². The van der Waals surface area contributed by atoms with E-state index in [9.17, 15) is 9.18 Å². The zero-order valence-corrected chi connectivity index (χ0v) is 11.0. The van der Waals surface area contributed by atoms with Gasteiger partial charge in [0.25, 0.3) is 0 Å². The van der Waals surface area contributed by atoms with Crippen LogP contribution in [0.4, 0.5) is 4.39 Å². The molecule has 98 valence electrons. The molecule has 0 radical (unpaired) electrons. The molecule has 2 rings (SSSR count). The minimum absolute atomic E-state index is 0.0502. The molecule has 0 saturated carbocycles. The Labute approximate surface area is 115 Å². The summed E-state index contributed by atoms with van der Waals surface area (Å²) in [5, 5.41) is 9.05. The highest BCUT2D eigenvalue weighted by atomic mass is 35.5. The first kappa shape index (κ1) is 13.6. The summed E-state index contributed by atoms with van der Waals surface area (Å²) < 4.78 is 13.9. The third kappa shape index (κ3) is 2.76. The van der Waals surface area contributed by atoms with Gasteiger partial charge in [-0.15, -0.1) is 0 Å². The van der Waals surface area contributed by atoms with Gasteiger partial charge in [-0.1, -0.05) is 48.0 Å². The fourth-order valence-corrected chi connectivity index (χ4v) is 2.02. The van der Waals surface area contributed by atoms with Crippen LogP contribution in [-0.4, -0.2) is 11.1 Å². The Balaban J connectivity index is 2.49. The Morgan fingerprint density at radius 1 is 1.26 bits per heavy atom. The molecule has 1 unspecified atom stereocenters. The normalized spacial score (nSPS) is 12.2. The van der Waals surface area contributed by atoms with Crippen LogP contribution in [0.5, 0.6) is 0 Å². The number of carbonyl (C=O) groups is 1. The van der Waals surface area contributed by atoms with Gasteiger partial charge in [-0.2, -0.15) is 0 Å². The van der Waals surface area contributed by atoms with Crippen molar-refractivity contribution in [2.24, 2.45) is 0 Å². The Kier molecular flexibility index (Phi) is 3.86. The van der Waals surface area contributed by atoms with Gasteiger partial charge >= 0.3 is 5.97 Å². The summed E-state index contributed by atoms with van der Waals surface area (Å²) in [6, 6.07) is 11.6. The highest BCUT2D eigenvalue weighted by molar-refractivity contribution is 6.31. The molecule has 0 spiro atoms. The van der Waals surface area contributed by atoms with Crippen LogP contribution in [0.25, 0.3) is 11.1 Å². The van der Waals surface area contributed by atoms with E-state index < -0.39 is 17.7 Å². The van der Waals surface area contributed by atoms with E-state index >= 15 is 0 Å². The quantitative estimate of drug-likeness (QED) is 0.907. The van der Waals surface area contributed by atoms with Gasteiger partial charge < -0.3 is 5.11 Å². The molecule has 0 aliphatic rings. The van der Waals surface area contributed by atoms with E-state index in [1.807, 2.05) is 0 Å². The number of hydrogen-bond acceptors (Lipinski definition) is 1. The number of hydrogen-bond donors (Lipinski definition) is 1. The van der Waals surface area contributed by atoms with Crippen LogP contribution in [0.3, 0.4) is 0 Å². The van der Waals surface area contributed by atoms with E-state index in [2.05, 4.69) is 0 Å². The molecular formula is C15H12ClFO2. The van der Waals surface area contributed by atoms with E-state index in [4.69, 9.17) is 16.7 Å². The lowest BCUT2D eigenvalue weighted by molar-refractivity contribution is -0.138. The average Bonchev–Trinajstić information content (AvgIpc) is 2.41.